The van der Waals surface area contributed by atoms with Crippen LogP contribution in [0.3, 0.4) is 0 Å². The number of ether oxygens (including phenoxy) is 1. The van der Waals surface area contributed by atoms with Gasteiger partial charge in [-0.25, -0.2) is 0 Å². The highest BCUT2D eigenvalue weighted by atomic mass is 19.4. The number of carbonyl (C=O) groups is 1. The molecule has 0 aromatic heterocycles. The van der Waals surface area contributed by atoms with Gasteiger partial charge in [0.15, 0.2) is 0 Å². The smallest absolute Gasteiger partial charge is 0.416 e. The molecule has 2 unspecified atom stereocenters. The summed E-state index contributed by atoms with van der Waals surface area (Å²) in [6, 6.07) is 4.67. The summed E-state index contributed by atoms with van der Waals surface area (Å²) in [5.74, 6) is -1.83. The van der Waals surface area contributed by atoms with Crippen LogP contribution < -0.4 is 0 Å². The Bertz CT molecular complexity index is 470. The maximum Gasteiger partial charge on any atom is 0.416 e. The van der Waals surface area contributed by atoms with Crippen LogP contribution >= 0.6 is 0 Å². The lowest BCUT2D eigenvalue weighted by molar-refractivity contribution is -0.151. The number of halogens is 3. The second-order valence-corrected chi connectivity index (χ2v) is 4.50. The van der Waals surface area contributed by atoms with E-state index in [2.05, 4.69) is 0 Å². The maximum absolute atomic E-state index is 12.6. The van der Waals surface area contributed by atoms with Gasteiger partial charge in [0.1, 0.15) is 0 Å². The standard InChI is InChI=1S/C13H13F3O3/c14-13(15,16)9-4-1-3-8(7-9)11-10(12(17)18)5-2-6-19-11/h1,3-4,7,10-11H,2,5-6H2,(H,17,18). The average molecular weight is 274 g/mol. The molecule has 1 aromatic carbocycles. The molecule has 19 heavy (non-hydrogen) atoms. The number of carboxylic acids is 1. The first-order chi connectivity index (χ1) is 8.89. The van der Waals surface area contributed by atoms with Gasteiger partial charge in [-0.15, -0.1) is 0 Å². The van der Waals surface area contributed by atoms with Crippen molar-refractivity contribution in [1.29, 1.82) is 0 Å². The van der Waals surface area contributed by atoms with Crippen LogP contribution in [0.15, 0.2) is 24.3 Å². The molecular weight excluding hydrogens is 261 g/mol. The van der Waals surface area contributed by atoms with Crippen molar-refractivity contribution in [2.75, 3.05) is 6.61 Å². The third-order valence-corrected chi connectivity index (χ3v) is 3.18. The molecule has 0 bridgehead atoms. The first-order valence-electron chi connectivity index (χ1n) is 5.91. The van der Waals surface area contributed by atoms with Gasteiger partial charge in [-0.1, -0.05) is 12.1 Å². The highest BCUT2D eigenvalue weighted by Crippen LogP contribution is 2.36. The van der Waals surface area contributed by atoms with Gasteiger partial charge in [0, 0.05) is 6.61 Å². The number of alkyl halides is 3. The van der Waals surface area contributed by atoms with E-state index in [9.17, 15) is 18.0 Å². The summed E-state index contributed by atoms with van der Waals surface area (Å²) in [6.45, 7) is 0.366. The van der Waals surface area contributed by atoms with Crippen LogP contribution in [0.1, 0.15) is 30.1 Å². The van der Waals surface area contributed by atoms with Gasteiger partial charge in [-0.3, -0.25) is 4.79 Å². The zero-order chi connectivity index (χ0) is 14.0. The van der Waals surface area contributed by atoms with E-state index in [1.54, 1.807) is 0 Å². The molecule has 2 rings (SSSR count). The third kappa shape index (κ3) is 3.07. The summed E-state index contributed by atoms with van der Waals surface area (Å²) in [6.07, 6.45) is -4.24. The molecule has 2 atom stereocenters. The molecule has 1 N–H and O–H groups in total. The predicted molar refractivity (Wildman–Crippen MR) is 60.5 cm³/mol. The predicted octanol–water partition coefficient (Wildman–Crippen LogP) is 3.26. The molecule has 0 aliphatic carbocycles. The fraction of sp³-hybridized carbons (Fsp3) is 0.462. The zero-order valence-electron chi connectivity index (χ0n) is 9.98. The number of carboxylic acid groups (broad SMARTS) is 1. The van der Waals surface area contributed by atoms with Crippen molar-refractivity contribution in [3.63, 3.8) is 0 Å². The third-order valence-electron chi connectivity index (χ3n) is 3.18. The number of hydrogen-bond donors (Lipinski definition) is 1. The highest BCUT2D eigenvalue weighted by molar-refractivity contribution is 5.71. The van der Waals surface area contributed by atoms with Crippen LogP contribution in [-0.4, -0.2) is 17.7 Å². The van der Waals surface area contributed by atoms with E-state index in [0.717, 1.165) is 12.1 Å². The fourth-order valence-corrected chi connectivity index (χ4v) is 2.25. The Labute approximate surface area is 108 Å². The molecule has 1 heterocycles. The van der Waals surface area contributed by atoms with Gasteiger partial charge in [-0.2, -0.15) is 13.2 Å². The second-order valence-electron chi connectivity index (χ2n) is 4.50. The summed E-state index contributed by atoms with van der Waals surface area (Å²) >= 11 is 0. The van der Waals surface area contributed by atoms with Crippen LogP contribution in [0.25, 0.3) is 0 Å². The molecule has 6 heteroatoms. The molecule has 0 saturated carbocycles. The van der Waals surface area contributed by atoms with E-state index >= 15 is 0 Å². The van der Waals surface area contributed by atoms with Crippen LogP contribution in [0.2, 0.25) is 0 Å². The summed E-state index contributed by atoms with van der Waals surface area (Å²) in [5, 5.41) is 9.10. The maximum atomic E-state index is 12.6. The molecular formula is C13H13F3O3. The summed E-state index contributed by atoms with van der Waals surface area (Å²) in [4.78, 5) is 11.1. The van der Waals surface area contributed by atoms with Gasteiger partial charge >= 0.3 is 12.1 Å². The SMILES string of the molecule is O=C(O)C1CCCOC1c1cccc(C(F)(F)F)c1. The minimum Gasteiger partial charge on any atom is -0.481 e. The lowest BCUT2D eigenvalue weighted by Crippen LogP contribution is -2.29. The number of aliphatic carboxylic acids is 1. The molecule has 1 saturated heterocycles. The van der Waals surface area contributed by atoms with Crippen LogP contribution in [0.5, 0.6) is 0 Å². The van der Waals surface area contributed by atoms with Crippen molar-refractivity contribution in [3.8, 4) is 0 Å². The van der Waals surface area contributed by atoms with E-state index in [0.29, 0.717) is 19.4 Å². The van der Waals surface area contributed by atoms with E-state index in [4.69, 9.17) is 9.84 Å². The van der Waals surface area contributed by atoms with E-state index < -0.39 is 29.7 Å². The van der Waals surface area contributed by atoms with Gasteiger partial charge < -0.3 is 9.84 Å². The largest absolute Gasteiger partial charge is 0.481 e. The highest BCUT2D eigenvalue weighted by Gasteiger charge is 2.35. The van der Waals surface area contributed by atoms with Crippen LogP contribution in [-0.2, 0) is 15.7 Å². The quantitative estimate of drug-likeness (QED) is 0.900. The van der Waals surface area contributed by atoms with Gasteiger partial charge in [0.25, 0.3) is 0 Å². The minimum atomic E-state index is -4.44. The molecule has 1 fully saturated rings. The normalized spacial score (nSPS) is 24.2. The van der Waals surface area contributed by atoms with E-state index in [1.165, 1.54) is 12.1 Å². The van der Waals surface area contributed by atoms with Crippen molar-refractivity contribution >= 4 is 5.97 Å². The van der Waals surface area contributed by atoms with Crippen molar-refractivity contribution in [1.82, 2.24) is 0 Å². The Balaban J connectivity index is 2.32. The van der Waals surface area contributed by atoms with Gasteiger partial charge in [-0.05, 0) is 30.5 Å². The lowest BCUT2D eigenvalue weighted by Gasteiger charge is -2.29. The van der Waals surface area contributed by atoms with Crippen molar-refractivity contribution in [3.05, 3.63) is 35.4 Å². The summed E-state index contributed by atoms with van der Waals surface area (Å²) in [7, 11) is 0. The first-order valence-corrected chi connectivity index (χ1v) is 5.91. The topological polar surface area (TPSA) is 46.5 Å². The monoisotopic (exact) mass is 274 g/mol. The van der Waals surface area contributed by atoms with Gasteiger partial charge in [0.2, 0.25) is 0 Å². The number of hydrogen-bond acceptors (Lipinski definition) is 2. The summed E-state index contributed by atoms with van der Waals surface area (Å²) in [5.41, 5.74) is -0.523. The Kier molecular flexibility index (Phi) is 3.80. The van der Waals surface area contributed by atoms with Gasteiger partial charge in [0.05, 0.1) is 17.6 Å². The average Bonchev–Trinajstić information content (AvgIpc) is 2.38. The molecule has 1 aliphatic rings. The van der Waals surface area contributed by atoms with Crippen molar-refractivity contribution in [2.24, 2.45) is 5.92 Å². The molecule has 3 nitrogen and oxygen atoms in total. The minimum absolute atomic E-state index is 0.266. The molecule has 0 amide bonds. The van der Waals surface area contributed by atoms with Crippen molar-refractivity contribution in [2.45, 2.75) is 25.1 Å². The Morgan fingerprint density at radius 1 is 1.37 bits per heavy atom. The molecule has 0 spiro atoms. The Morgan fingerprint density at radius 2 is 2.11 bits per heavy atom. The molecule has 104 valence electrons. The molecule has 1 aliphatic heterocycles. The van der Waals surface area contributed by atoms with Crippen LogP contribution in [0.4, 0.5) is 13.2 Å². The van der Waals surface area contributed by atoms with E-state index in [-0.39, 0.29) is 5.56 Å². The van der Waals surface area contributed by atoms with Crippen LogP contribution in [0, 0.1) is 5.92 Å². The number of benzene rings is 1. The van der Waals surface area contributed by atoms with Crippen molar-refractivity contribution < 1.29 is 27.8 Å². The second kappa shape index (κ2) is 5.21. The Morgan fingerprint density at radius 3 is 2.74 bits per heavy atom. The zero-order valence-corrected chi connectivity index (χ0v) is 9.98. The lowest BCUT2D eigenvalue weighted by atomic mass is 9.89. The Hall–Kier alpha value is -1.56. The number of rotatable bonds is 2. The molecule has 1 aromatic rings. The first kappa shape index (κ1) is 13.9. The van der Waals surface area contributed by atoms with E-state index in [1.807, 2.05) is 0 Å². The fourth-order valence-electron chi connectivity index (χ4n) is 2.25. The summed E-state index contributed by atoms with van der Waals surface area (Å²) < 4.78 is 43.3. The molecule has 0 radical (unpaired) electrons.